The Labute approximate surface area is 563 Å². The highest BCUT2D eigenvalue weighted by Crippen LogP contribution is 2.26. The Bertz CT molecular complexity index is 3150. The summed E-state index contributed by atoms with van der Waals surface area (Å²) >= 11 is 0. The standard InChI is InChI=1S/2C28H40O4.C26H38O4/c2*1-3-4-5-6-7-8-9-10-11-12-13-14-15-16-17-18-27(29)31-24-19-20-25-23(2)21-28(30)32-26(25)22-24;1-3-4-5-6-7-8-9-10-11-12-13-14-15-16-25(27)29-22-17-18-23-21(2)19-26(28)30-24(23)20-22/h2*10-11,19-22H,3-9,12-18H2,1-2H3;17-20H,3-16H2,1-2H3/b11-10+;11-10-;. The zero-order chi connectivity index (χ0) is 67.6. The fourth-order valence-electron chi connectivity index (χ4n) is 11.6. The second kappa shape index (κ2) is 50.6. The number of hydrogen-bond acceptors (Lipinski definition) is 12. The largest absolute Gasteiger partial charge is 0.426 e. The summed E-state index contributed by atoms with van der Waals surface area (Å²) in [5.41, 5.74) is 2.71. The molecule has 3 aromatic carbocycles. The molecule has 0 amide bonds. The van der Waals surface area contributed by atoms with Gasteiger partial charge in [0.1, 0.15) is 34.0 Å². The lowest BCUT2D eigenvalue weighted by Crippen LogP contribution is -2.07. The Morgan fingerprint density at radius 2 is 0.511 bits per heavy atom. The average molecular weight is 1300 g/mol. The fraction of sp³-hybridized carbons (Fsp3) is 0.585. The number of benzene rings is 3. The number of fused-ring (bicyclic) bond motifs is 3. The zero-order valence-corrected chi connectivity index (χ0v) is 58.8. The van der Waals surface area contributed by atoms with Gasteiger partial charge < -0.3 is 27.5 Å². The molecule has 0 bridgehead atoms. The van der Waals surface area contributed by atoms with Crippen molar-refractivity contribution in [2.24, 2.45) is 0 Å². The van der Waals surface area contributed by atoms with Crippen LogP contribution < -0.4 is 31.1 Å². The minimum atomic E-state index is -0.397. The van der Waals surface area contributed by atoms with Crippen LogP contribution in [0.25, 0.3) is 32.9 Å². The van der Waals surface area contributed by atoms with Crippen molar-refractivity contribution in [1.82, 2.24) is 0 Å². The van der Waals surface area contributed by atoms with E-state index in [0.717, 1.165) is 97.1 Å². The second-order valence-corrected chi connectivity index (χ2v) is 25.8. The summed E-state index contributed by atoms with van der Waals surface area (Å²) < 4.78 is 31.8. The van der Waals surface area contributed by atoms with Gasteiger partial charge in [0.25, 0.3) is 0 Å². The number of carbonyl (C=O) groups is 3. The van der Waals surface area contributed by atoms with Crippen LogP contribution in [0.1, 0.15) is 307 Å². The summed E-state index contributed by atoms with van der Waals surface area (Å²) in [5.74, 6) is 0.560. The fourth-order valence-corrected chi connectivity index (χ4v) is 11.6. The zero-order valence-electron chi connectivity index (χ0n) is 58.8. The maximum absolute atomic E-state index is 12.1. The van der Waals surface area contributed by atoms with Gasteiger partial charge in [-0.25, -0.2) is 14.4 Å². The molecule has 0 atom stereocenters. The molecule has 3 heterocycles. The van der Waals surface area contributed by atoms with Gasteiger partial charge in [0, 0.05) is 71.8 Å². The highest BCUT2D eigenvalue weighted by atomic mass is 16.5. The van der Waals surface area contributed by atoms with Gasteiger partial charge in [-0.05, 0) is 144 Å². The highest BCUT2D eigenvalue weighted by Gasteiger charge is 2.12. The van der Waals surface area contributed by atoms with E-state index < -0.39 is 16.9 Å². The van der Waals surface area contributed by atoms with E-state index >= 15 is 0 Å². The Kier molecular flexibility index (Phi) is 42.8. The van der Waals surface area contributed by atoms with E-state index in [1.165, 1.54) is 204 Å². The normalized spacial score (nSPS) is 11.3. The van der Waals surface area contributed by atoms with E-state index in [9.17, 15) is 28.8 Å². The molecule has 0 spiro atoms. The lowest BCUT2D eigenvalue weighted by Gasteiger charge is -2.06. The molecule has 0 saturated heterocycles. The van der Waals surface area contributed by atoms with Crippen molar-refractivity contribution in [3.8, 4) is 17.2 Å². The molecule has 0 aliphatic heterocycles. The molecule has 12 heteroatoms. The Morgan fingerprint density at radius 3 is 0.745 bits per heavy atom. The van der Waals surface area contributed by atoms with E-state index in [1.807, 2.05) is 39.0 Å². The van der Waals surface area contributed by atoms with Crippen molar-refractivity contribution < 1.29 is 41.8 Å². The number of aryl methyl sites for hydroxylation is 3. The molecule has 94 heavy (non-hydrogen) atoms. The number of esters is 3. The van der Waals surface area contributed by atoms with E-state index in [0.29, 0.717) is 53.3 Å². The van der Waals surface area contributed by atoms with Crippen molar-refractivity contribution in [1.29, 1.82) is 0 Å². The summed E-state index contributed by atoms with van der Waals surface area (Å²) in [6, 6.07) is 19.9. The minimum absolute atomic E-state index is 0.229. The molecule has 0 N–H and O–H groups in total. The van der Waals surface area contributed by atoms with Gasteiger partial charge in [0.15, 0.2) is 0 Å². The van der Waals surface area contributed by atoms with Crippen molar-refractivity contribution in [3.05, 3.63) is 145 Å². The minimum Gasteiger partial charge on any atom is -0.426 e. The molecule has 6 aromatic rings. The molecule has 0 radical (unpaired) electrons. The summed E-state index contributed by atoms with van der Waals surface area (Å²) in [4.78, 5) is 70.8. The van der Waals surface area contributed by atoms with E-state index in [-0.39, 0.29) is 17.9 Å². The number of carbonyl (C=O) groups excluding carboxylic acids is 3. The van der Waals surface area contributed by atoms with Gasteiger partial charge in [-0.2, -0.15) is 0 Å². The van der Waals surface area contributed by atoms with Gasteiger partial charge in [0.05, 0.1) is 0 Å². The van der Waals surface area contributed by atoms with Gasteiger partial charge in [-0.1, -0.05) is 225 Å². The van der Waals surface area contributed by atoms with Crippen LogP contribution in [0, 0.1) is 20.8 Å². The number of allylic oxidation sites excluding steroid dienone is 4. The van der Waals surface area contributed by atoms with Gasteiger partial charge in [0.2, 0.25) is 0 Å². The van der Waals surface area contributed by atoms with Crippen LogP contribution in [0.3, 0.4) is 0 Å². The van der Waals surface area contributed by atoms with Gasteiger partial charge in [-0.15, -0.1) is 0 Å². The molecule has 518 valence electrons. The maximum Gasteiger partial charge on any atom is 0.336 e. The maximum atomic E-state index is 12.1. The number of ether oxygens (including phenoxy) is 3. The summed E-state index contributed by atoms with van der Waals surface area (Å²) in [7, 11) is 0. The Hall–Kier alpha value is -6.82. The summed E-state index contributed by atoms with van der Waals surface area (Å²) in [5, 5.41) is 2.55. The smallest absolute Gasteiger partial charge is 0.336 e. The predicted octanol–water partition coefficient (Wildman–Crippen LogP) is 23.6. The van der Waals surface area contributed by atoms with Crippen LogP contribution in [-0.2, 0) is 14.4 Å². The molecule has 3 aromatic heterocycles. The van der Waals surface area contributed by atoms with Gasteiger partial charge >= 0.3 is 34.8 Å². The molecule has 0 aliphatic carbocycles. The first kappa shape index (κ1) is 79.6. The van der Waals surface area contributed by atoms with Crippen LogP contribution >= 0.6 is 0 Å². The average Bonchev–Trinajstić information content (AvgIpc) is 0.897. The third-order valence-electron chi connectivity index (χ3n) is 17.2. The molecule has 0 saturated carbocycles. The van der Waals surface area contributed by atoms with E-state index in [2.05, 4.69) is 45.1 Å². The predicted molar refractivity (Wildman–Crippen MR) is 388 cm³/mol. The SMILES string of the molecule is CCCCCCCC/C=C/CCCCCCCC(=O)Oc1ccc2c(C)cc(=O)oc2c1.CCCCCCCC/C=C\CCCCCCCC(=O)Oc1ccc2c(C)cc(=O)oc2c1.CCCCCCCCCCCCCCCC(=O)Oc1ccc2c(C)cc(=O)oc2c1. The molecule has 0 aliphatic rings. The molecule has 12 nitrogen and oxygen atoms in total. The first-order chi connectivity index (χ1) is 45.8. The number of unbranched alkanes of at least 4 members (excludes halogenated alkanes) is 34. The van der Waals surface area contributed by atoms with Gasteiger partial charge in [-0.3, -0.25) is 14.4 Å². The second-order valence-electron chi connectivity index (χ2n) is 25.8. The first-order valence-corrected chi connectivity index (χ1v) is 36.9. The highest BCUT2D eigenvalue weighted by molar-refractivity contribution is 5.84. The van der Waals surface area contributed by atoms with Crippen LogP contribution in [-0.4, -0.2) is 17.9 Å². The molecular weight excluding hydrogens is 1180 g/mol. The third kappa shape index (κ3) is 36.2. The summed E-state index contributed by atoms with van der Waals surface area (Å²) in [6.07, 6.45) is 59.3. The van der Waals surface area contributed by atoms with Crippen LogP contribution in [0.2, 0.25) is 0 Å². The number of rotatable bonds is 47. The monoisotopic (exact) mass is 1290 g/mol. The van der Waals surface area contributed by atoms with E-state index in [4.69, 9.17) is 27.5 Å². The molecule has 0 fully saturated rings. The molecular formula is C82H118O12. The topological polar surface area (TPSA) is 170 Å². The van der Waals surface area contributed by atoms with Crippen LogP contribution in [0.5, 0.6) is 17.2 Å². The molecule has 6 rings (SSSR count). The molecule has 0 unspecified atom stereocenters. The van der Waals surface area contributed by atoms with Crippen molar-refractivity contribution in [2.45, 2.75) is 311 Å². The Balaban J connectivity index is 0.000000300. The van der Waals surface area contributed by atoms with Crippen LogP contribution in [0.4, 0.5) is 0 Å². The lowest BCUT2D eigenvalue weighted by atomic mass is 10.0. The lowest BCUT2D eigenvalue weighted by molar-refractivity contribution is -0.135. The van der Waals surface area contributed by atoms with E-state index in [1.54, 1.807) is 36.4 Å². The third-order valence-corrected chi connectivity index (χ3v) is 17.2. The first-order valence-electron chi connectivity index (χ1n) is 36.9. The quantitative estimate of drug-likeness (QED) is 0.0117. The van der Waals surface area contributed by atoms with Crippen molar-refractivity contribution in [2.75, 3.05) is 0 Å². The van der Waals surface area contributed by atoms with Crippen molar-refractivity contribution in [3.63, 3.8) is 0 Å². The Morgan fingerprint density at radius 1 is 0.298 bits per heavy atom. The van der Waals surface area contributed by atoms with Crippen molar-refractivity contribution >= 4 is 50.8 Å². The number of hydrogen-bond donors (Lipinski definition) is 0. The summed E-state index contributed by atoms with van der Waals surface area (Å²) in [6.45, 7) is 12.4. The van der Waals surface area contributed by atoms with Crippen LogP contribution in [0.15, 0.2) is 125 Å².